The summed E-state index contributed by atoms with van der Waals surface area (Å²) >= 11 is 0. The molecule has 6 nitrogen and oxygen atoms in total. The van der Waals surface area contributed by atoms with Gasteiger partial charge in [-0.25, -0.2) is 0 Å². The van der Waals surface area contributed by atoms with Gasteiger partial charge in [0.15, 0.2) is 0 Å². The van der Waals surface area contributed by atoms with Crippen LogP contribution in [0.25, 0.3) is 0 Å². The van der Waals surface area contributed by atoms with Gasteiger partial charge in [-0.3, -0.25) is 14.4 Å². The van der Waals surface area contributed by atoms with Crippen molar-refractivity contribution >= 4 is 26.7 Å². The van der Waals surface area contributed by atoms with Crippen LogP contribution in [0.2, 0.25) is 6.04 Å². The molecule has 0 aliphatic rings. The van der Waals surface area contributed by atoms with Crippen molar-refractivity contribution in [2.45, 2.75) is 71.5 Å². The van der Waals surface area contributed by atoms with Crippen LogP contribution in [0, 0.1) is 0 Å². The van der Waals surface area contributed by atoms with Crippen molar-refractivity contribution in [2.24, 2.45) is 0 Å². The average Bonchev–Trinajstić information content (AvgIpc) is 2.70. The number of carbonyl (C=O) groups is 3. The topological polar surface area (TPSA) is 78.9 Å². The normalized spacial score (nSPS) is 11.7. The minimum Gasteiger partial charge on any atom is -0.455 e. The SMILES string of the molecule is CCC(=O)O[Si](CCCCc1cccc(C(F)(F)F)c1)(OC(=O)CC)OC(=O)CC. The van der Waals surface area contributed by atoms with Crippen LogP contribution >= 0.6 is 0 Å². The standard InChI is InChI=1S/C20H27F3O6Si/c1-4-17(24)27-30(28-18(25)5-2,29-19(26)6-3)13-8-7-10-15-11-9-12-16(14-15)20(21,22)23/h9,11-12,14H,4-8,10,13H2,1-3H3. The second-order valence-corrected chi connectivity index (χ2v) is 9.05. The van der Waals surface area contributed by atoms with E-state index in [0.717, 1.165) is 12.1 Å². The van der Waals surface area contributed by atoms with Gasteiger partial charge in [0.1, 0.15) is 0 Å². The van der Waals surface area contributed by atoms with Crippen molar-refractivity contribution in [2.75, 3.05) is 0 Å². The van der Waals surface area contributed by atoms with Gasteiger partial charge in [-0.1, -0.05) is 39.0 Å². The molecule has 0 amide bonds. The molecule has 0 saturated carbocycles. The number of benzene rings is 1. The Balaban J connectivity index is 2.88. The summed E-state index contributed by atoms with van der Waals surface area (Å²) < 4.78 is 54.5. The van der Waals surface area contributed by atoms with Gasteiger partial charge in [0.2, 0.25) is 0 Å². The van der Waals surface area contributed by atoms with Crippen LogP contribution in [0.3, 0.4) is 0 Å². The van der Waals surface area contributed by atoms with Crippen LogP contribution in [0.5, 0.6) is 0 Å². The first-order valence-corrected chi connectivity index (χ1v) is 11.8. The van der Waals surface area contributed by atoms with Gasteiger partial charge < -0.3 is 13.3 Å². The molecule has 30 heavy (non-hydrogen) atoms. The van der Waals surface area contributed by atoms with E-state index in [1.807, 2.05) is 0 Å². The fourth-order valence-electron chi connectivity index (χ4n) is 2.53. The monoisotopic (exact) mass is 448 g/mol. The Bertz CT molecular complexity index is 690. The Kier molecular flexibility index (Phi) is 10.0. The van der Waals surface area contributed by atoms with E-state index in [9.17, 15) is 27.6 Å². The van der Waals surface area contributed by atoms with Crippen molar-refractivity contribution in [3.05, 3.63) is 35.4 Å². The zero-order chi connectivity index (χ0) is 22.8. The Labute approximate surface area is 175 Å². The summed E-state index contributed by atoms with van der Waals surface area (Å²) in [7, 11) is -3.96. The van der Waals surface area contributed by atoms with E-state index in [2.05, 4.69) is 0 Å². The molecular weight excluding hydrogens is 421 g/mol. The molecule has 1 rings (SSSR count). The molecule has 0 unspecified atom stereocenters. The maximum Gasteiger partial charge on any atom is 0.705 e. The Morgan fingerprint density at radius 1 is 0.867 bits per heavy atom. The molecule has 0 aliphatic heterocycles. The van der Waals surface area contributed by atoms with Gasteiger partial charge in [0.25, 0.3) is 17.9 Å². The number of alkyl halides is 3. The highest BCUT2D eigenvalue weighted by molar-refractivity contribution is 6.65. The van der Waals surface area contributed by atoms with Crippen LogP contribution in [0.15, 0.2) is 24.3 Å². The third-order valence-electron chi connectivity index (χ3n) is 4.13. The van der Waals surface area contributed by atoms with Gasteiger partial charge in [-0.15, -0.1) is 0 Å². The van der Waals surface area contributed by atoms with Crippen molar-refractivity contribution < 1.29 is 40.8 Å². The summed E-state index contributed by atoms with van der Waals surface area (Å²) in [5, 5.41) is 0. The minimum atomic E-state index is -4.42. The number of halogens is 3. The fourth-order valence-corrected chi connectivity index (χ4v) is 5.11. The van der Waals surface area contributed by atoms with E-state index in [-0.39, 0.29) is 25.3 Å². The summed E-state index contributed by atoms with van der Waals surface area (Å²) in [6.07, 6.45) is -3.32. The van der Waals surface area contributed by atoms with E-state index >= 15 is 0 Å². The molecule has 0 saturated heterocycles. The molecular formula is C20H27F3O6Si. The lowest BCUT2D eigenvalue weighted by molar-refractivity contribution is -0.150. The van der Waals surface area contributed by atoms with Crippen molar-refractivity contribution in [1.29, 1.82) is 0 Å². The van der Waals surface area contributed by atoms with E-state index in [0.29, 0.717) is 24.8 Å². The van der Waals surface area contributed by atoms with Crippen molar-refractivity contribution in [3.63, 3.8) is 0 Å². The first kappa shape index (κ1) is 25.7. The summed E-state index contributed by atoms with van der Waals surface area (Å²) in [6.45, 7) is 4.66. The average molecular weight is 449 g/mol. The molecule has 0 aromatic heterocycles. The van der Waals surface area contributed by atoms with Gasteiger partial charge in [0.05, 0.1) is 11.6 Å². The number of carbonyl (C=O) groups excluding carboxylic acids is 3. The van der Waals surface area contributed by atoms with Gasteiger partial charge in [-0.2, -0.15) is 13.2 Å². The first-order valence-electron chi connectivity index (χ1n) is 9.86. The quantitative estimate of drug-likeness (QED) is 0.357. The maximum atomic E-state index is 12.8. The molecule has 0 radical (unpaired) electrons. The second kappa shape index (κ2) is 11.7. The lowest BCUT2D eigenvalue weighted by atomic mass is 10.1. The zero-order valence-corrected chi connectivity index (χ0v) is 18.3. The van der Waals surface area contributed by atoms with Crippen LogP contribution < -0.4 is 0 Å². The van der Waals surface area contributed by atoms with Crippen molar-refractivity contribution in [3.8, 4) is 0 Å². The summed E-state index contributed by atoms with van der Waals surface area (Å²) in [5.41, 5.74) is -0.229. The molecule has 0 aliphatic carbocycles. The molecule has 0 N–H and O–H groups in total. The second-order valence-electron chi connectivity index (χ2n) is 6.57. The van der Waals surface area contributed by atoms with Gasteiger partial charge in [0, 0.05) is 19.3 Å². The maximum absolute atomic E-state index is 12.8. The highest BCUT2D eigenvalue weighted by Gasteiger charge is 2.52. The third kappa shape index (κ3) is 8.56. The Morgan fingerprint density at radius 2 is 1.37 bits per heavy atom. The minimum absolute atomic E-state index is 0.00629. The summed E-state index contributed by atoms with van der Waals surface area (Å²) in [5.74, 6) is -1.98. The molecule has 0 heterocycles. The highest BCUT2D eigenvalue weighted by Crippen LogP contribution is 2.30. The fraction of sp³-hybridized carbons (Fsp3) is 0.550. The van der Waals surface area contributed by atoms with Crippen LogP contribution in [0.1, 0.15) is 64.0 Å². The lowest BCUT2D eigenvalue weighted by Gasteiger charge is -2.27. The Morgan fingerprint density at radius 3 is 1.80 bits per heavy atom. The van der Waals surface area contributed by atoms with Crippen LogP contribution in [-0.2, 0) is 40.3 Å². The molecule has 1 aromatic carbocycles. The number of aryl methyl sites for hydroxylation is 1. The number of unbranched alkanes of at least 4 members (excludes halogenated alkanes) is 1. The molecule has 1 aromatic rings. The van der Waals surface area contributed by atoms with E-state index in [4.69, 9.17) is 13.3 Å². The number of rotatable bonds is 11. The molecule has 0 atom stereocenters. The molecule has 168 valence electrons. The number of hydrogen-bond donors (Lipinski definition) is 0. The number of hydrogen-bond acceptors (Lipinski definition) is 6. The predicted octanol–water partition coefficient (Wildman–Crippen LogP) is 4.83. The molecule has 0 fully saturated rings. The Hall–Kier alpha value is -2.36. The van der Waals surface area contributed by atoms with E-state index in [1.54, 1.807) is 26.8 Å². The molecule has 10 heteroatoms. The largest absolute Gasteiger partial charge is 0.705 e. The van der Waals surface area contributed by atoms with Gasteiger partial charge >= 0.3 is 15.0 Å². The zero-order valence-electron chi connectivity index (χ0n) is 17.3. The third-order valence-corrected chi connectivity index (χ3v) is 6.71. The van der Waals surface area contributed by atoms with Gasteiger partial charge in [-0.05, 0) is 30.9 Å². The predicted molar refractivity (Wildman–Crippen MR) is 104 cm³/mol. The van der Waals surface area contributed by atoms with E-state index in [1.165, 1.54) is 6.07 Å². The van der Waals surface area contributed by atoms with Crippen LogP contribution in [-0.4, -0.2) is 26.7 Å². The lowest BCUT2D eigenvalue weighted by Crippen LogP contribution is -2.50. The summed E-state index contributed by atoms with van der Waals surface area (Å²) in [6, 6.07) is 5.02. The molecule has 0 bridgehead atoms. The smallest absolute Gasteiger partial charge is 0.455 e. The van der Waals surface area contributed by atoms with E-state index < -0.39 is 38.5 Å². The summed E-state index contributed by atoms with van der Waals surface area (Å²) in [4.78, 5) is 35.6. The first-order chi connectivity index (χ1) is 14.0. The molecule has 0 spiro atoms. The van der Waals surface area contributed by atoms with Crippen LogP contribution in [0.4, 0.5) is 13.2 Å². The highest BCUT2D eigenvalue weighted by atomic mass is 28.4. The van der Waals surface area contributed by atoms with Crippen molar-refractivity contribution in [1.82, 2.24) is 0 Å².